The highest BCUT2D eigenvalue weighted by molar-refractivity contribution is 5.94. The molecule has 4 rings (SSSR count). The molecule has 1 amide bonds. The smallest absolute Gasteiger partial charge is 0.257 e. The van der Waals surface area contributed by atoms with Crippen LogP contribution in [0.3, 0.4) is 0 Å². The molecule has 1 aromatic carbocycles. The van der Waals surface area contributed by atoms with E-state index in [9.17, 15) is 4.79 Å². The van der Waals surface area contributed by atoms with Crippen molar-refractivity contribution in [1.82, 2.24) is 24.2 Å². The normalized spacial score (nSPS) is 13.6. The van der Waals surface area contributed by atoms with Gasteiger partial charge < -0.3 is 14.2 Å². The molecule has 0 bridgehead atoms. The van der Waals surface area contributed by atoms with Gasteiger partial charge in [-0.1, -0.05) is 12.1 Å². The molecule has 1 fully saturated rings. The number of benzene rings is 1. The summed E-state index contributed by atoms with van der Waals surface area (Å²) in [6, 6.07) is 7.88. The van der Waals surface area contributed by atoms with Crippen LogP contribution in [-0.2, 0) is 13.6 Å². The first-order valence-corrected chi connectivity index (χ1v) is 8.62. The van der Waals surface area contributed by atoms with Crippen LogP contribution in [-0.4, -0.2) is 43.3 Å². The summed E-state index contributed by atoms with van der Waals surface area (Å²) in [5.74, 6) is 1.57. The minimum atomic E-state index is -0.0170. The predicted molar refractivity (Wildman–Crippen MR) is 96.2 cm³/mol. The molecule has 2 aromatic heterocycles. The highest BCUT2D eigenvalue weighted by Gasteiger charge is 2.34. The van der Waals surface area contributed by atoms with Crippen molar-refractivity contribution in [2.24, 2.45) is 7.05 Å². The van der Waals surface area contributed by atoms with Crippen molar-refractivity contribution in [1.29, 1.82) is 0 Å². The number of ether oxygens (including phenoxy) is 1. The van der Waals surface area contributed by atoms with E-state index < -0.39 is 0 Å². The minimum Gasteiger partial charge on any atom is -0.494 e. The lowest BCUT2D eigenvalue weighted by molar-refractivity contribution is 0.0724. The standard InChI is InChI=1S/C19H21N5O2/c1-22-10-9-20-18(22)13-23(15-7-8-15)19(25)14-11-21-24(12-14)16-5-3-4-6-17(16)26-2/h3-6,9-12,15H,7-8,13H2,1-2H3. The number of para-hydroxylation sites is 2. The summed E-state index contributed by atoms with van der Waals surface area (Å²) < 4.78 is 9.01. The van der Waals surface area contributed by atoms with E-state index in [1.54, 1.807) is 30.4 Å². The highest BCUT2D eigenvalue weighted by atomic mass is 16.5. The van der Waals surface area contributed by atoms with Crippen molar-refractivity contribution in [2.45, 2.75) is 25.4 Å². The maximum atomic E-state index is 13.1. The third kappa shape index (κ3) is 3.08. The lowest BCUT2D eigenvalue weighted by Crippen LogP contribution is -2.33. The third-order valence-electron chi connectivity index (χ3n) is 4.64. The van der Waals surface area contributed by atoms with Gasteiger partial charge in [0.15, 0.2) is 0 Å². The van der Waals surface area contributed by atoms with Crippen molar-refractivity contribution in [3.05, 3.63) is 60.4 Å². The third-order valence-corrected chi connectivity index (χ3v) is 4.64. The zero-order valence-corrected chi connectivity index (χ0v) is 14.9. The number of hydrogen-bond donors (Lipinski definition) is 0. The van der Waals surface area contributed by atoms with Crippen LogP contribution >= 0.6 is 0 Å². The molecule has 0 atom stereocenters. The van der Waals surface area contributed by atoms with Gasteiger partial charge in [0, 0.05) is 31.7 Å². The molecule has 7 heteroatoms. The number of nitrogens with zero attached hydrogens (tertiary/aromatic N) is 5. The molecule has 0 unspecified atom stereocenters. The summed E-state index contributed by atoms with van der Waals surface area (Å²) in [5.41, 5.74) is 1.37. The first-order valence-electron chi connectivity index (χ1n) is 8.62. The molecule has 0 N–H and O–H groups in total. The topological polar surface area (TPSA) is 65.2 Å². The van der Waals surface area contributed by atoms with Crippen molar-refractivity contribution in [2.75, 3.05) is 7.11 Å². The van der Waals surface area contributed by atoms with E-state index in [0.717, 1.165) is 24.4 Å². The number of carbonyl (C=O) groups is 1. The summed E-state index contributed by atoms with van der Waals surface area (Å²) >= 11 is 0. The summed E-state index contributed by atoms with van der Waals surface area (Å²) in [4.78, 5) is 19.3. The summed E-state index contributed by atoms with van der Waals surface area (Å²) in [7, 11) is 3.56. The molecule has 0 radical (unpaired) electrons. The van der Waals surface area contributed by atoms with Gasteiger partial charge in [0.2, 0.25) is 0 Å². The monoisotopic (exact) mass is 351 g/mol. The Balaban J connectivity index is 1.59. The average molecular weight is 351 g/mol. The van der Waals surface area contributed by atoms with E-state index in [-0.39, 0.29) is 11.9 Å². The van der Waals surface area contributed by atoms with Crippen molar-refractivity contribution >= 4 is 5.91 Å². The van der Waals surface area contributed by atoms with E-state index in [2.05, 4.69) is 10.1 Å². The number of methoxy groups -OCH3 is 1. The second-order valence-corrected chi connectivity index (χ2v) is 6.46. The number of imidazole rings is 1. The van der Waals surface area contributed by atoms with Crippen molar-refractivity contribution in [3.63, 3.8) is 0 Å². The van der Waals surface area contributed by atoms with Gasteiger partial charge in [-0.3, -0.25) is 4.79 Å². The van der Waals surface area contributed by atoms with Crippen LogP contribution in [0.1, 0.15) is 29.0 Å². The van der Waals surface area contributed by atoms with Gasteiger partial charge >= 0.3 is 0 Å². The van der Waals surface area contributed by atoms with Crippen LogP contribution in [0.25, 0.3) is 5.69 Å². The fourth-order valence-corrected chi connectivity index (χ4v) is 3.00. The summed E-state index contributed by atoms with van der Waals surface area (Å²) in [5, 5.41) is 4.36. The molecule has 1 aliphatic carbocycles. The van der Waals surface area contributed by atoms with E-state index >= 15 is 0 Å². The average Bonchev–Trinajstić information content (AvgIpc) is 3.24. The molecular formula is C19H21N5O2. The predicted octanol–water partition coefficient (Wildman–Crippen LogP) is 2.42. The lowest BCUT2D eigenvalue weighted by atomic mass is 10.2. The second-order valence-electron chi connectivity index (χ2n) is 6.46. The molecule has 26 heavy (non-hydrogen) atoms. The van der Waals surface area contributed by atoms with Gasteiger partial charge in [-0.05, 0) is 25.0 Å². The molecule has 134 valence electrons. The number of carbonyl (C=O) groups excluding carboxylic acids is 1. The van der Waals surface area contributed by atoms with Crippen LogP contribution < -0.4 is 4.74 Å². The van der Waals surface area contributed by atoms with Gasteiger partial charge in [0.1, 0.15) is 17.3 Å². The Kier molecular flexibility index (Phi) is 4.20. The van der Waals surface area contributed by atoms with E-state index in [0.29, 0.717) is 17.9 Å². The quantitative estimate of drug-likeness (QED) is 0.684. The first-order chi connectivity index (χ1) is 12.7. The van der Waals surface area contributed by atoms with Crippen LogP contribution in [0, 0.1) is 0 Å². The Morgan fingerprint density at radius 3 is 2.85 bits per heavy atom. The number of hydrogen-bond acceptors (Lipinski definition) is 4. The largest absolute Gasteiger partial charge is 0.494 e. The zero-order valence-electron chi connectivity index (χ0n) is 14.9. The van der Waals surface area contributed by atoms with E-state index in [1.165, 1.54) is 0 Å². The molecule has 0 spiro atoms. The fourth-order valence-electron chi connectivity index (χ4n) is 3.00. The van der Waals surface area contributed by atoms with Gasteiger partial charge in [-0.15, -0.1) is 0 Å². The van der Waals surface area contributed by atoms with E-state index in [4.69, 9.17) is 4.74 Å². The second kappa shape index (κ2) is 6.67. The fraction of sp³-hybridized carbons (Fsp3) is 0.316. The van der Waals surface area contributed by atoms with Gasteiger partial charge in [0.25, 0.3) is 5.91 Å². The maximum Gasteiger partial charge on any atom is 0.257 e. The van der Waals surface area contributed by atoms with E-state index in [1.807, 2.05) is 47.0 Å². The Morgan fingerprint density at radius 1 is 1.35 bits per heavy atom. The minimum absolute atomic E-state index is 0.0170. The van der Waals surface area contributed by atoms with Gasteiger partial charge in [-0.25, -0.2) is 9.67 Å². The number of amides is 1. The highest BCUT2D eigenvalue weighted by Crippen LogP contribution is 2.30. The van der Waals surface area contributed by atoms with Crippen LogP contribution in [0.5, 0.6) is 5.75 Å². The van der Waals surface area contributed by atoms with Gasteiger partial charge in [-0.2, -0.15) is 5.10 Å². The van der Waals surface area contributed by atoms with Crippen LogP contribution in [0.15, 0.2) is 49.1 Å². The Hall–Kier alpha value is -3.09. The Morgan fingerprint density at radius 2 is 2.15 bits per heavy atom. The maximum absolute atomic E-state index is 13.1. The molecule has 3 aromatic rings. The molecule has 0 aliphatic heterocycles. The molecule has 0 saturated heterocycles. The molecule has 1 aliphatic rings. The summed E-state index contributed by atoms with van der Waals surface area (Å²) in [6.45, 7) is 0.507. The Labute approximate surface area is 151 Å². The lowest BCUT2D eigenvalue weighted by Gasteiger charge is -2.21. The molecular weight excluding hydrogens is 330 g/mol. The summed E-state index contributed by atoms with van der Waals surface area (Å²) in [6.07, 6.45) is 9.10. The molecule has 2 heterocycles. The number of aryl methyl sites for hydroxylation is 1. The first kappa shape index (κ1) is 16.4. The SMILES string of the molecule is COc1ccccc1-n1cc(C(=O)N(Cc2nccn2C)C2CC2)cn1. The van der Waals surface area contributed by atoms with Crippen LogP contribution in [0.4, 0.5) is 0 Å². The van der Waals surface area contributed by atoms with Crippen LogP contribution in [0.2, 0.25) is 0 Å². The Bertz CT molecular complexity index is 925. The number of aromatic nitrogens is 4. The molecule has 7 nitrogen and oxygen atoms in total. The molecule has 1 saturated carbocycles. The number of rotatable bonds is 6. The zero-order chi connectivity index (χ0) is 18.1. The van der Waals surface area contributed by atoms with Gasteiger partial charge in [0.05, 0.1) is 25.4 Å². The van der Waals surface area contributed by atoms with Crippen molar-refractivity contribution < 1.29 is 9.53 Å². The van der Waals surface area contributed by atoms with Crippen molar-refractivity contribution in [3.8, 4) is 11.4 Å².